The van der Waals surface area contributed by atoms with Crippen LogP contribution in [0.25, 0.3) is 0 Å². The number of halogens is 2. The Morgan fingerprint density at radius 3 is 2.80 bits per heavy atom. The lowest BCUT2D eigenvalue weighted by molar-refractivity contribution is 0.579. The molecule has 0 aliphatic rings. The number of rotatable bonds is 4. The predicted molar refractivity (Wildman–Crippen MR) is 80.8 cm³/mol. The first-order valence-corrected chi connectivity index (χ1v) is 8.18. The van der Waals surface area contributed by atoms with Crippen LogP contribution in [0.2, 0.25) is 5.02 Å². The number of nitrogens with two attached hydrogens (primary N) is 1. The minimum atomic E-state index is -3.74. The fraction of sp³-hybridized carbons (Fsp3) is 0.182. The molecule has 0 radical (unpaired) electrons. The van der Waals surface area contributed by atoms with Crippen LogP contribution < -0.4 is 10.5 Å². The summed E-state index contributed by atoms with van der Waals surface area (Å²) in [6.45, 7) is 0.0853. The lowest BCUT2D eigenvalue weighted by Crippen LogP contribution is -2.24. The normalized spacial score (nSPS) is 11.8. The van der Waals surface area contributed by atoms with Crippen molar-refractivity contribution in [2.45, 2.75) is 11.4 Å². The Balaban J connectivity index is 2.27. The summed E-state index contributed by atoms with van der Waals surface area (Å²) in [4.78, 5) is -0.00145. The second kappa shape index (κ2) is 5.72. The minimum Gasteiger partial charge on any atom is -0.398 e. The number of sulfonamides is 1. The third-order valence-corrected chi connectivity index (χ3v) is 5.32. The molecule has 20 heavy (non-hydrogen) atoms. The van der Waals surface area contributed by atoms with Gasteiger partial charge in [-0.3, -0.25) is 4.68 Å². The molecule has 2 rings (SSSR count). The van der Waals surface area contributed by atoms with E-state index in [2.05, 4.69) is 25.8 Å². The molecule has 0 aliphatic heterocycles. The van der Waals surface area contributed by atoms with Crippen molar-refractivity contribution < 1.29 is 8.42 Å². The van der Waals surface area contributed by atoms with Crippen LogP contribution in [0.15, 0.2) is 33.8 Å². The van der Waals surface area contributed by atoms with Gasteiger partial charge >= 0.3 is 0 Å². The van der Waals surface area contributed by atoms with E-state index in [4.69, 9.17) is 17.3 Å². The van der Waals surface area contributed by atoms with Crippen molar-refractivity contribution in [3.63, 3.8) is 0 Å². The van der Waals surface area contributed by atoms with E-state index in [9.17, 15) is 8.42 Å². The molecule has 1 heterocycles. The molecule has 0 unspecified atom stereocenters. The molecular weight excluding hydrogens is 368 g/mol. The molecule has 0 fully saturated rings. The highest BCUT2D eigenvalue weighted by Gasteiger charge is 2.20. The van der Waals surface area contributed by atoms with Gasteiger partial charge in [-0.05, 0) is 34.1 Å². The van der Waals surface area contributed by atoms with E-state index in [0.717, 1.165) is 0 Å². The van der Waals surface area contributed by atoms with Gasteiger partial charge in [-0.1, -0.05) is 11.6 Å². The second-order valence-electron chi connectivity index (χ2n) is 4.11. The van der Waals surface area contributed by atoms with Crippen LogP contribution in [0.4, 0.5) is 5.69 Å². The topological polar surface area (TPSA) is 90.0 Å². The van der Waals surface area contributed by atoms with E-state index in [1.807, 2.05) is 0 Å². The highest BCUT2D eigenvalue weighted by atomic mass is 79.9. The first-order chi connectivity index (χ1) is 9.29. The molecule has 0 saturated carbocycles. The fourth-order valence-electron chi connectivity index (χ4n) is 1.58. The highest BCUT2D eigenvalue weighted by Crippen LogP contribution is 2.31. The van der Waals surface area contributed by atoms with Crippen LogP contribution in [0.5, 0.6) is 0 Å². The summed E-state index contributed by atoms with van der Waals surface area (Å²) >= 11 is 9.00. The maximum absolute atomic E-state index is 12.2. The fourth-order valence-corrected chi connectivity index (χ4v) is 3.87. The van der Waals surface area contributed by atoms with E-state index < -0.39 is 10.0 Å². The Bertz CT molecular complexity index is 745. The number of hydrogen-bond donors (Lipinski definition) is 2. The summed E-state index contributed by atoms with van der Waals surface area (Å²) in [5.74, 6) is 0. The average Bonchev–Trinajstić information content (AvgIpc) is 2.77. The first kappa shape index (κ1) is 15.3. The molecule has 2 aromatic rings. The van der Waals surface area contributed by atoms with E-state index in [1.54, 1.807) is 24.0 Å². The summed E-state index contributed by atoms with van der Waals surface area (Å²) in [6, 6.07) is 4.54. The zero-order chi connectivity index (χ0) is 14.9. The van der Waals surface area contributed by atoms with Gasteiger partial charge in [0.25, 0.3) is 0 Å². The molecule has 0 saturated heterocycles. The predicted octanol–water partition coefficient (Wildman–Crippen LogP) is 1.90. The van der Waals surface area contributed by atoms with Gasteiger partial charge in [0.1, 0.15) is 0 Å². The minimum absolute atomic E-state index is 0.00145. The molecule has 0 amide bonds. The smallest absolute Gasteiger partial charge is 0.242 e. The van der Waals surface area contributed by atoms with E-state index in [1.165, 1.54) is 12.1 Å². The molecule has 3 N–H and O–H groups in total. The third kappa shape index (κ3) is 3.32. The zero-order valence-electron chi connectivity index (χ0n) is 10.5. The lowest BCUT2D eigenvalue weighted by atomic mass is 10.3. The molecule has 1 aromatic heterocycles. The average molecular weight is 380 g/mol. The number of anilines is 1. The Kier molecular flexibility index (Phi) is 4.38. The Morgan fingerprint density at radius 1 is 1.50 bits per heavy atom. The third-order valence-electron chi connectivity index (χ3n) is 2.53. The molecular formula is C11H12BrClN4O2S. The van der Waals surface area contributed by atoms with Crippen molar-refractivity contribution in [3.05, 3.63) is 39.6 Å². The second-order valence-corrected chi connectivity index (χ2v) is 7.08. The molecule has 6 nitrogen and oxygen atoms in total. The molecule has 108 valence electrons. The number of nitrogens with zero attached hydrogens (tertiary/aromatic N) is 2. The van der Waals surface area contributed by atoms with Crippen molar-refractivity contribution >= 4 is 43.2 Å². The standard InChI is InChI=1S/C11H12BrClN4O2S/c1-17-3-2-8(16-17)6-15-20(18,19)10-5-7(13)4-9(14)11(10)12/h2-5,15H,6,14H2,1H3. The van der Waals surface area contributed by atoms with Crippen LogP contribution in [0.3, 0.4) is 0 Å². The van der Waals surface area contributed by atoms with Crippen LogP contribution in [-0.2, 0) is 23.6 Å². The van der Waals surface area contributed by atoms with Crippen molar-refractivity contribution in [1.82, 2.24) is 14.5 Å². The summed E-state index contributed by atoms with van der Waals surface area (Å²) < 4.78 is 28.8. The quantitative estimate of drug-likeness (QED) is 0.794. The van der Waals surface area contributed by atoms with Gasteiger partial charge < -0.3 is 5.73 Å². The maximum atomic E-state index is 12.2. The van der Waals surface area contributed by atoms with E-state index >= 15 is 0 Å². The van der Waals surface area contributed by atoms with E-state index in [0.29, 0.717) is 5.69 Å². The van der Waals surface area contributed by atoms with Crippen molar-refractivity contribution in [1.29, 1.82) is 0 Å². The summed E-state index contributed by atoms with van der Waals surface area (Å²) in [6.07, 6.45) is 1.73. The molecule has 0 bridgehead atoms. The largest absolute Gasteiger partial charge is 0.398 e. The van der Waals surface area contributed by atoms with Gasteiger partial charge in [-0.15, -0.1) is 0 Å². The number of aromatic nitrogens is 2. The van der Waals surface area contributed by atoms with Crippen molar-refractivity contribution in [2.75, 3.05) is 5.73 Å². The molecule has 9 heteroatoms. The molecule has 1 aromatic carbocycles. The van der Waals surface area contributed by atoms with Crippen LogP contribution in [0, 0.1) is 0 Å². The molecule has 0 atom stereocenters. The van der Waals surface area contributed by atoms with Gasteiger partial charge in [0, 0.05) is 24.0 Å². The summed E-state index contributed by atoms with van der Waals surface area (Å²) in [5, 5.41) is 4.35. The molecule has 0 aliphatic carbocycles. The van der Waals surface area contributed by atoms with E-state index in [-0.39, 0.29) is 26.6 Å². The SMILES string of the molecule is Cn1ccc(CNS(=O)(=O)c2cc(Cl)cc(N)c2Br)n1. The monoisotopic (exact) mass is 378 g/mol. The Hall–Kier alpha value is -1.09. The number of benzene rings is 1. The van der Waals surface area contributed by atoms with Gasteiger partial charge in [0.15, 0.2) is 0 Å². The Morgan fingerprint density at radius 2 is 2.20 bits per heavy atom. The van der Waals surface area contributed by atoms with Gasteiger partial charge in [-0.2, -0.15) is 5.10 Å². The van der Waals surface area contributed by atoms with Gasteiger partial charge in [-0.25, -0.2) is 13.1 Å². The van der Waals surface area contributed by atoms with Gasteiger partial charge in [0.05, 0.1) is 21.6 Å². The number of aryl methyl sites for hydroxylation is 1. The number of nitrogen functional groups attached to an aromatic ring is 1. The number of hydrogen-bond acceptors (Lipinski definition) is 4. The number of nitrogens with one attached hydrogen (secondary N) is 1. The van der Waals surface area contributed by atoms with Crippen LogP contribution in [-0.4, -0.2) is 18.2 Å². The maximum Gasteiger partial charge on any atom is 0.242 e. The Labute approximate surface area is 130 Å². The van der Waals surface area contributed by atoms with Crippen molar-refractivity contribution in [3.8, 4) is 0 Å². The first-order valence-electron chi connectivity index (χ1n) is 5.52. The van der Waals surface area contributed by atoms with Gasteiger partial charge in [0.2, 0.25) is 10.0 Å². The summed E-state index contributed by atoms with van der Waals surface area (Å²) in [7, 11) is -1.98. The van der Waals surface area contributed by atoms with Crippen molar-refractivity contribution in [2.24, 2.45) is 7.05 Å². The summed E-state index contributed by atoms with van der Waals surface area (Å²) in [5.41, 5.74) is 6.56. The lowest BCUT2D eigenvalue weighted by Gasteiger charge is -2.10. The zero-order valence-corrected chi connectivity index (χ0v) is 13.6. The molecule has 0 spiro atoms. The van der Waals surface area contributed by atoms with Crippen LogP contribution in [0.1, 0.15) is 5.69 Å². The highest BCUT2D eigenvalue weighted by molar-refractivity contribution is 9.10. The van der Waals surface area contributed by atoms with Crippen LogP contribution >= 0.6 is 27.5 Å².